The monoisotopic (exact) mass is 323 g/mol. The molecule has 0 aromatic heterocycles. The van der Waals surface area contributed by atoms with Crippen LogP contribution in [0.25, 0.3) is 0 Å². The highest BCUT2D eigenvalue weighted by Crippen LogP contribution is 2.42. The lowest BCUT2D eigenvalue weighted by Crippen LogP contribution is -2.53. The highest BCUT2D eigenvalue weighted by Gasteiger charge is 2.53. The molecular weight excluding hydrogens is 296 g/mol. The standard InChI is InChI=1S/C15H27F2NO4/c1-13(2,3)22-12(19)18-11-5-7-14(20,8-6-11)15(16,17)9-10-21-4/h11,20H,5-10H2,1-4H3,(H,18,19). The van der Waals surface area contributed by atoms with Gasteiger partial charge in [-0.3, -0.25) is 0 Å². The van der Waals surface area contributed by atoms with Crippen LogP contribution in [-0.4, -0.2) is 48.1 Å². The molecule has 0 saturated heterocycles. The van der Waals surface area contributed by atoms with E-state index in [0.29, 0.717) is 0 Å². The summed E-state index contributed by atoms with van der Waals surface area (Å²) >= 11 is 0. The molecule has 0 heterocycles. The molecule has 7 heteroatoms. The molecule has 1 aliphatic rings. The van der Waals surface area contributed by atoms with Crippen molar-refractivity contribution in [2.45, 2.75) is 76.0 Å². The molecule has 0 aromatic carbocycles. The average Bonchev–Trinajstić information content (AvgIpc) is 2.37. The number of rotatable bonds is 5. The van der Waals surface area contributed by atoms with Gasteiger partial charge < -0.3 is 19.9 Å². The maximum atomic E-state index is 14.1. The van der Waals surface area contributed by atoms with Gasteiger partial charge in [-0.25, -0.2) is 13.6 Å². The molecule has 0 spiro atoms. The lowest BCUT2D eigenvalue weighted by molar-refractivity contribution is -0.204. The molecule has 0 radical (unpaired) electrons. The van der Waals surface area contributed by atoms with Crippen LogP contribution in [0.2, 0.25) is 0 Å². The number of ether oxygens (including phenoxy) is 2. The maximum absolute atomic E-state index is 14.1. The largest absolute Gasteiger partial charge is 0.444 e. The fraction of sp³-hybridized carbons (Fsp3) is 0.933. The van der Waals surface area contributed by atoms with Crippen LogP contribution in [0.3, 0.4) is 0 Å². The van der Waals surface area contributed by atoms with Crippen LogP contribution in [0, 0.1) is 0 Å². The molecule has 0 aromatic rings. The molecule has 1 fully saturated rings. The first kappa shape index (κ1) is 19.1. The van der Waals surface area contributed by atoms with Crippen molar-refractivity contribution in [3.63, 3.8) is 0 Å². The first-order chi connectivity index (χ1) is 9.99. The average molecular weight is 323 g/mol. The van der Waals surface area contributed by atoms with Crippen LogP contribution < -0.4 is 5.32 Å². The van der Waals surface area contributed by atoms with E-state index in [1.54, 1.807) is 20.8 Å². The van der Waals surface area contributed by atoms with Gasteiger partial charge >= 0.3 is 6.09 Å². The van der Waals surface area contributed by atoms with E-state index in [9.17, 15) is 18.7 Å². The summed E-state index contributed by atoms with van der Waals surface area (Å²) in [5.41, 5.74) is -2.63. The molecule has 5 nitrogen and oxygen atoms in total. The Morgan fingerprint density at radius 2 is 1.86 bits per heavy atom. The van der Waals surface area contributed by atoms with E-state index >= 15 is 0 Å². The molecule has 1 amide bonds. The van der Waals surface area contributed by atoms with Crippen LogP contribution in [-0.2, 0) is 9.47 Å². The van der Waals surface area contributed by atoms with Crippen molar-refractivity contribution in [2.24, 2.45) is 0 Å². The number of nitrogens with one attached hydrogen (secondary N) is 1. The first-order valence-corrected chi connectivity index (χ1v) is 7.58. The smallest absolute Gasteiger partial charge is 0.407 e. The summed E-state index contributed by atoms with van der Waals surface area (Å²) in [6.45, 7) is 5.16. The molecule has 2 N–H and O–H groups in total. The number of carbonyl (C=O) groups excluding carboxylic acids is 1. The molecule has 22 heavy (non-hydrogen) atoms. The van der Waals surface area contributed by atoms with Crippen molar-refractivity contribution in [3.8, 4) is 0 Å². The minimum Gasteiger partial charge on any atom is -0.444 e. The van der Waals surface area contributed by atoms with E-state index in [0.717, 1.165) is 0 Å². The number of hydrogen-bond acceptors (Lipinski definition) is 4. The SMILES string of the molecule is COCCC(F)(F)C1(O)CCC(NC(=O)OC(C)(C)C)CC1. The minimum absolute atomic E-state index is 0.0653. The maximum Gasteiger partial charge on any atom is 0.407 e. The van der Waals surface area contributed by atoms with Crippen LogP contribution in [0.4, 0.5) is 13.6 Å². The summed E-state index contributed by atoms with van der Waals surface area (Å²) in [7, 11) is 1.35. The topological polar surface area (TPSA) is 67.8 Å². The summed E-state index contributed by atoms with van der Waals surface area (Å²) in [4.78, 5) is 11.7. The van der Waals surface area contributed by atoms with Gasteiger partial charge in [-0.2, -0.15) is 0 Å². The molecule has 1 aliphatic carbocycles. The van der Waals surface area contributed by atoms with Crippen LogP contribution in [0.1, 0.15) is 52.9 Å². The molecule has 1 saturated carbocycles. The Morgan fingerprint density at radius 1 is 1.32 bits per heavy atom. The zero-order valence-corrected chi connectivity index (χ0v) is 13.7. The quantitative estimate of drug-likeness (QED) is 0.816. The van der Waals surface area contributed by atoms with Crippen molar-refractivity contribution in [2.75, 3.05) is 13.7 Å². The molecular formula is C15H27F2NO4. The third-order valence-electron chi connectivity index (χ3n) is 3.83. The highest BCUT2D eigenvalue weighted by atomic mass is 19.3. The van der Waals surface area contributed by atoms with Gasteiger partial charge in [0, 0.05) is 19.6 Å². The summed E-state index contributed by atoms with van der Waals surface area (Å²) in [6, 6.07) is -0.256. The van der Waals surface area contributed by atoms with E-state index in [1.807, 2.05) is 0 Å². The predicted molar refractivity (Wildman–Crippen MR) is 78.0 cm³/mol. The number of amides is 1. The number of alkyl halides is 2. The number of halogens is 2. The van der Waals surface area contributed by atoms with Gasteiger partial charge in [-0.15, -0.1) is 0 Å². The number of hydrogen-bond donors (Lipinski definition) is 2. The van der Waals surface area contributed by atoms with Crippen molar-refractivity contribution < 1.29 is 28.2 Å². The van der Waals surface area contributed by atoms with Gasteiger partial charge in [0.15, 0.2) is 0 Å². The summed E-state index contributed by atoms with van der Waals surface area (Å²) in [6.07, 6.45) is -0.621. The molecule has 0 unspecified atom stereocenters. The zero-order valence-electron chi connectivity index (χ0n) is 13.7. The lowest BCUT2D eigenvalue weighted by Gasteiger charge is -2.41. The van der Waals surface area contributed by atoms with E-state index < -0.39 is 29.6 Å². The van der Waals surface area contributed by atoms with Gasteiger partial charge in [0.05, 0.1) is 6.61 Å². The van der Waals surface area contributed by atoms with Gasteiger partial charge in [0.1, 0.15) is 11.2 Å². The summed E-state index contributed by atoms with van der Waals surface area (Å²) in [5, 5.41) is 12.9. The Kier molecular flexibility index (Phi) is 6.15. The van der Waals surface area contributed by atoms with Crippen LogP contribution >= 0.6 is 0 Å². The lowest BCUT2D eigenvalue weighted by atomic mass is 9.77. The third-order valence-corrected chi connectivity index (χ3v) is 3.83. The predicted octanol–water partition coefficient (Wildman–Crippen LogP) is 2.86. The van der Waals surface area contributed by atoms with Crippen molar-refractivity contribution in [1.82, 2.24) is 5.32 Å². The molecule has 130 valence electrons. The van der Waals surface area contributed by atoms with Gasteiger partial charge in [-0.1, -0.05) is 0 Å². The van der Waals surface area contributed by atoms with Crippen LogP contribution in [0.15, 0.2) is 0 Å². The molecule has 0 aliphatic heterocycles. The second-order valence-electron chi connectivity index (χ2n) is 6.90. The molecule has 0 bridgehead atoms. The second-order valence-corrected chi connectivity index (χ2v) is 6.90. The third kappa shape index (κ3) is 5.35. The Bertz CT molecular complexity index is 374. The summed E-state index contributed by atoms with van der Waals surface area (Å²) in [5.74, 6) is -3.19. The fourth-order valence-corrected chi connectivity index (χ4v) is 2.54. The number of aliphatic hydroxyl groups is 1. The van der Waals surface area contributed by atoms with E-state index in [2.05, 4.69) is 10.1 Å². The minimum atomic E-state index is -3.19. The van der Waals surface area contributed by atoms with Crippen LogP contribution in [0.5, 0.6) is 0 Å². The Hall–Kier alpha value is -0.950. The molecule has 1 rings (SSSR count). The Labute approximate surface area is 130 Å². The van der Waals surface area contributed by atoms with E-state index in [1.165, 1.54) is 7.11 Å². The van der Waals surface area contributed by atoms with Gasteiger partial charge in [-0.05, 0) is 46.5 Å². The Morgan fingerprint density at radius 3 is 2.32 bits per heavy atom. The number of alkyl carbamates (subject to hydrolysis) is 1. The number of methoxy groups -OCH3 is 1. The highest BCUT2D eigenvalue weighted by molar-refractivity contribution is 5.68. The first-order valence-electron chi connectivity index (χ1n) is 7.58. The zero-order chi connectivity index (χ0) is 17.0. The Balaban J connectivity index is 2.50. The van der Waals surface area contributed by atoms with Crippen molar-refractivity contribution >= 4 is 6.09 Å². The van der Waals surface area contributed by atoms with Gasteiger partial charge in [0.25, 0.3) is 5.92 Å². The normalized spacial score (nSPS) is 26.6. The van der Waals surface area contributed by atoms with Gasteiger partial charge in [0.2, 0.25) is 0 Å². The second kappa shape index (κ2) is 7.08. The van der Waals surface area contributed by atoms with Crippen molar-refractivity contribution in [3.05, 3.63) is 0 Å². The molecule has 0 atom stereocenters. The number of carbonyl (C=O) groups is 1. The summed E-state index contributed by atoms with van der Waals surface area (Å²) < 4.78 is 37.9. The van der Waals surface area contributed by atoms with E-state index in [-0.39, 0.29) is 38.3 Å². The van der Waals surface area contributed by atoms with Crippen molar-refractivity contribution in [1.29, 1.82) is 0 Å². The fourth-order valence-electron chi connectivity index (χ4n) is 2.54. The van der Waals surface area contributed by atoms with E-state index in [4.69, 9.17) is 4.74 Å².